The average molecular weight is 367 g/mol. The monoisotopic (exact) mass is 367 g/mol. The molecule has 0 aliphatic carbocycles. The zero-order valence-electron chi connectivity index (χ0n) is 16.3. The van der Waals surface area contributed by atoms with Gasteiger partial charge < -0.3 is 20.8 Å². The van der Waals surface area contributed by atoms with Crippen molar-refractivity contribution in [1.29, 1.82) is 0 Å². The summed E-state index contributed by atoms with van der Waals surface area (Å²) in [5.74, 6) is -0.0794. The van der Waals surface area contributed by atoms with Crippen molar-refractivity contribution >= 4 is 28.4 Å². The molecule has 0 saturated heterocycles. The number of carbonyl (C=O) groups is 1. The number of hydrogen-bond donors (Lipinski definition) is 3. The topological polar surface area (TPSA) is 106 Å². The van der Waals surface area contributed by atoms with Gasteiger partial charge >= 0.3 is 0 Å². The van der Waals surface area contributed by atoms with Gasteiger partial charge in [0.05, 0.1) is 12.0 Å². The maximum absolute atomic E-state index is 12.6. The predicted molar refractivity (Wildman–Crippen MR) is 107 cm³/mol. The first-order chi connectivity index (χ1) is 12.7. The minimum atomic E-state index is -0.405. The number of aromatic amines is 1. The third kappa shape index (κ3) is 3.78. The number of anilines is 2. The van der Waals surface area contributed by atoms with Crippen LogP contribution in [0.1, 0.15) is 48.1 Å². The van der Waals surface area contributed by atoms with Crippen LogP contribution in [0.4, 0.5) is 11.5 Å². The molecule has 7 nitrogen and oxygen atoms in total. The van der Waals surface area contributed by atoms with E-state index in [2.05, 4.69) is 41.0 Å². The Morgan fingerprint density at radius 2 is 2.04 bits per heavy atom. The second kappa shape index (κ2) is 7.00. The average Bonchev–Trinajstić information content (AvgIpc) is 3.02. The second-order valence-electron chi connectivity index (χ2n) is 7.64. The van der Waals surface area contributed by atoms with Gasteiger partial charge in [-0.25, -0.2) is 9.97 Å². The third-order valence-corrected chi connectivity index (χ3v) is 4.42. The lowest BCUT2D eigenvalue weighted by Gasteiger charge is -2.17. The Morgan fingerprint density at radius 3 is 2.67 bits per heavy atom. The number of nitrogens with two attached hydrogens (primary N) is 1. The quantitative estimate of drug-likeness (QED) is 0.654. The number of methoxy groups -OCH3 is 1. The summed E-state index contributed by atoms with van der Waals surface area (Å²) in [5, 5.41) is 3.61. The van der Waals surface area contributed by atoms with Gasteiger partial charge in [0.25, 0.3) is 5.91 Å². The van der Waals surface area contributed by atoms with Gasteiger partial charge in [-0.1, -0.05) is 32.9 Å². The molecule has 0 atom stereocenters. The van der Waals surface area contributed by atoms with Crippen molar-refractivity contribution in [2.24, 2.45) is 0 Å². The SMILES string of the molecule is COCc1ccc(NC(=O)c2nc(N)c3c(C(C)(C)C)c[nH]c3n2)c(C)c1. The zero-order chi connectivity index (χ0) is 19.8. The van der Waals surface area contributed by atoms with E-state index in [9.17, 15) is 4.79 Å². The van der Waals surface area contributed by atoms with Crippen LogP contribution in [-0.2, 0) is 16.8 Å². The maximum atomic E-state index is 12.6. The van der Waals surface area contributed by atoms with Crippen LogP contribution in [0.3, 0.4) is 0 Å². The van der Waals surface area contributed by atoms with Crippen molar-refractivity contribution in [3.05, 3.63) is 46.9 Å². The van der Waals surface area contributed by atoms with Crippen LogP contribution in [0.5, 0.6) is 0 Å². The lowest BCUT2D eigenvalue weighted by Crippen LogP contribution is -2.18. The molecule has 0 radical (unpaired) electrons. The third-order valence-electron chi connectivity index (χ3n) is 4.42. The van der Waals surface area contributed by atoms with Gasteiger partial charge in [0.15, 0.2) is 0 Å². The van der Waals surface area contributed by atoms with Gasteiger partial charge in [-0.3, -0.25) is 4.79 Å². The number of ether oxygens (including phenoxy) is 1. The normalized spacial score (nSPS) is 11.7. The minimum absolute atomic E-state index is 0.0303. The number of aromatic nitrogens is 3. The van der Waals surface area contributed by atoms with Crippen molar-refractivity contribution in [3.63, 3.8) is 0 Å². The fourth-order valence-electron chi connectivity index (χ4n) is 3.05. The van der Waals surface area contributed by atoms with Crippen molar-refractivity contribution < 1.29 is 9.53 Å². The number of rotatable bonds is 4. The molecule has 0 unspecified atom stereocenters. The first kappa shape index (κ1) is 18.8. The zero-order valence-corrected chi connectivity index (χ0v) is 16.3. The number of nitrogens with zero attached hydrogens (tertiary/aromatic N) is 2. The molecule has 0 fully saturated rings. The molecule has 3 aromatic rings. The van der Waals surface area contributed by atoms with E-state index < -0.39 is 5.91 Å². The van der Waals surface area contributed by atoms with E-state index in [0.717, 1.165) is 22.1 Å². The van der Waals surface area contributed by atoms with E-state index in [1.807, 2.05) is 31.3 Å². The highest BCUT2D eigenvalue weighted by Crippen LogP contribution is 2.32. The molecule has 7 heteroatoms. The molecule has 0 bridgehead atoms. The van der Waals surface area contributed by atoms with E-state index in [4.69, 9.17) is 10.5 Å². The highest BCUT2D eigenvalue weighted by Gasteiger charge is 2.23. The molecule has 3 rings (SSSR count). The second-order valence-corrected chi connectivity index (χ2v) is 7.64. The maximum Gasteiger partial charge on any atom is 0.293 e. The molecular formula is C20H25N5O2. The molecule has 1 amide bonds. The molecule has 2 heterocycles. The van der Waals surface area contributed by atoms with Crippen LogP contribution in [0.2, 0.25) is 0 Å². The first-order valence-electron chi connectivity index (χ1n) is 8.75. The number of amides is 1. The molecule has 27 heavy (non-hydrogen) atoms. The number of hydrogen-bond acceptors (Lipinski definition) is 5. The molecule has 4 N–H and O–H groups in total. The minimum Gasteiger partial charge on any atom is -0.383 e. The van der Waals surface area contributed by atoms with Gasteiger partial charge in [-0.15, -0.1) is 0 Å². The number of nitrogen functional groups attached to an aromatic ring is 1. The summed E-state index contributed by atoms with van der Waals surface area (Å²) in [6.07, 6.45) is 1.87. The summed E-state index contributed by atoms with van der Waals surface area (Å²) in [6.45, 7) is 8.71. The fraction of sp³-hybridized carbons (Fsp3) is 0.350. The van der Waals surface area contributed by atoms with E-state index in [1.165, 1.54) is 0 Å². The van der Waals surface area contributed by atoms with Gasteiger partial charge in [0.1, 0.15) is 11.5 Å². The van der Waals surface area contributed by atoms with Gasteiger partial charge in [-0.2, -0.15) is 0 Å². The Hall–Kier alpha value is -2.93. The predicted octanol–water partition coefficient (Wildman–Crippen LogP) is 3.54. The highest BCUT2D eigenvalue weighted by atomic mass is 16.5. The molecular weight excluding hydrogens is 342 g/mol. The number of nitrogens with one attached hydrogen (secondary N) is 2. The Morgan fingerprint density at radius 1 is 1.30 bits per heavy atom. The summed E-state index contributed by atoms with van der Waals surface area (Å²) in [5.41, 5.74) is 10.3. The van der Waals surface area contributed by atoms with Crippen LogP contribution in [0, 0.1) is 6.92 Å². The Labute approximate surface area is 158 Å². The highest BCUT2D eigenvalue weighted by molar-refractivity contribution is 6.04. The number of H-pyrrole nitrogens is 1. The van der Waals surface area contributed by atoms with Crippen LogP contribution in [0.15, 0.2) is 24.4 Å². The van der Waals surface area contributed by atoms with Crippen molar-refractivity contribution in [2.75, 3.05) is 18.2 Å². The van der Waals surface area contributed by atoms with Crippen molar-refractivity contribution in [3.8, 4) is 0 Å². The van der Waals surface area contributed by atoms with Crippen LogP contribution < -0.4 is 11.1 Å². The van der Waals surface area contributed by atoms with E-state index in [-0.39, 0.29) is 11.2 Å². The number of benzene rings is 1. The van der Waals surface area contributed by atoms with Crippen molar-refractivity contribution in [1.82, 2.24) is 15.0 Å². The van der Waals surface area contributed by atoms with Crippen LogP contribution in [-0.4, -0.2) is 28.0 Å². The first-order valence-corrected chi connectivity index (χ1v) is 8.75. The summed E-state index contributed by atoms with van der Waals surface area (Å²) in [4.78, 5) is 24.3. The molecule has 0 aliphatic rings. The van der Waals surface area contributed by atoms with Gasteiger partial charge in [-0.05, 0) is 35.1 Å². The van der Waals surface area contributed by atoms with E-state index in [0.29, 0.717) is 23.8 Å². The molecule has 142 valence electrons. The summed E-state index contributed by atoms with van der Waals surface area (Å²) >= 11 is 0. The van der Waals surface area contributed by atoms with Crippen LogP contribution in [0.25, 0.3) is 11.0 Å². The fourth-order valence-corrected chi connectivity index (χ4v) is 3.05. The Bertz CT molecular complexity index is 1000. The molecule has 0 spiro atoms. The smallest absolute Gasteiger partial charge is 0.293 e. The lowest BCUT2D eigenvalue weighted by molar-refractivity contribution is 0.101. The molecule has 0 saturated carbocycles. The van der Waals surface area contributed by atoms with Gasteiger partial charge in [0, 0.05) is 19.0 Å². The molecule has 2 aromatic heterocycles. The van der Waals surface area contributed by atoms with Crippen molar-refractivity contribution in [2.45, 2.75) is 39.7 Å². The number of aryl methyl sites for hydroxylation is 1. The van der Waals surface area contributed by atoms with Gasteiger partial charge in [0.2, 0.25) is 5.82 Å². The lowest BCUT2D eigenvalue weighted by atomic mass is 9.87. The summed E-state index contributed by atoms with van der Waals surface area (Å²) in [6, 6.07) is 5.72. The molecule has 0 aliphatic heterocycles. The Balaban J connectivity index is 1.91. The number of fused-ring (bicyclic) bond motifs is 1. The largest absolute Gasteiger partial charge is 0.383 e. The van der Waals surface area contributed by atoms with E-state index in [1.54, 1.807) is 7.11 Å². The van der Waals surface area contributed by atoms with E-state index >= 15 is 0 Å². The summed E-state index contributed by atoms with van der Waals surface area (Å²) < 4.78 is 5.13. The summed E-state index contributed by atoms with van der Waals surface area (Å²) in [7, 11) is 1.65. The standard InChI is InChI=1S/C20H25N5O2/c1-11-8-12(10-27-5)6-7-14(11)23-19(26)18-24-16(21)15-13(20(2,3)4)9-22-17(15)25-18/h6-9H,10H2,1-5H3,(H,23,26)(H3,21,22,24,25). The number of carbonyl (C=O) groups excluding carboxylic acids is 1. The Kier molecular flexibility index (Phi) is 4.89. The van der Waals surface area contributed by atoms with Crippen LogP contribution >= 0.6 is 0 Å². The molecule has 1 aromatic carbocycles.